The molecule has 0 unspecified atom stereocenters. The molecule has 1 aromatic carbocycles. The average Bonchev–Trinajstić information content (AvgIpc) is 3.09. The fourth-order valence-corrected chi connectivity index (χ4v) is 3.30. The van der Waals surface area contributed by atoms with Crippen LogP contribution in [0.2, 0.25) is 0 Å². The number of amidine groups is 1. The molecule has 0 radical (unpaired) electrons. The van der Waals surface area contributed by atoms with Crippen LogP contribution < -0.4 is 15.5 Å². The van der Waals surface area contributed by atoms with E-state index in [1.54, 1.807) is 0 Å². The van der Waals surface area contributed by atoms with Crippen molar-refractivity contribution in [2.45, 2.75) is 0 Å². The molecule has 1 fully saturated rings. The van der Waals surface area contributed by atoms with Crippen molar-refractivity contribution in [2.24, 2.45) is 4.99 Å². The lowest BCUT2D eigenvalue weighted by molar-refractivity contribution is -0.135. The monoisotopic (exact) mass is 347 g/mol. The van der Waals surface area contributed by atoms with Gasteiger partial charge in [0.15, 0.2) is 5.17 Å². The number of amides is 2. The Balaban J connectivity index is 1.53. The molecule has 7 nitrogen and oxygen atoms in total. The fourth-order valence-electron chi connectivity index (χ4n) is 2.57. The number of carbonyl (C=O) groups is 2. The number of aliphatic imine (C=N–C) groups is 1. The Labute approximate surface area is 145 Å². The smallest absolute Gasteiger partial charge is 0.315 e. The summed E-state index contributed by atoms with van der Waals surface area (Å²) in [5.74, 6) is -0.533. The minimum Gasteiger partial charge on any atom is -0.369 e. The van der Waals surface area contributed by atoms with Crippen molar-refractivity contribution < 1.29 is 9.59 Å². The number of hydrogen-bond acceptors (Lipinski definition) is 6. The van der Waals surface area contributed by atoms with Gasteiger partial charge in [-0.2, -0.15) is 0 Å². The zero-order chi connectivity index (χ0) is 16.9. The Bertz CT molecular complexity index is 638. The summed E-state index contributed by atoms with van der Waals surface area (Å²) in [5, 5.41) is 5.64. The molecule has 2 N–H and O–H groups in total. The number of anilines is 2. The molecule has 0 atom stereocenters. The quantitative estimate of drug-likeness (QED) is 0.766. The largest absolute Gasteiger partial charge is 0.369 e. The molecule has 1 aromatic rings. The topological polar surface area (TPSA) is 77.0 Å². The van der Waals surface area contributed by atoms with Gasteiger partial charge in [0.05, 0.1) is 6.54 Å². The van der Waals surface area contributed by atoms with E-state index in [0.29, 0.717) is 17.4 Å². The first-order chi connectivity index (χ1) is 11.6. The third kappa shape index (κ3) is 4.27. The van der Waals surface area contributed by atoms with Crippen molar-refractivity contribution in [1.29, 1.82) is 0 Å². The van der Waals surface area contributed by atoms with E-state index in [0.717, 1.165) is 37.6 Å². The van der Waals surface area contributed by atoms with Crippen molar-refractivity contribution in [1.82, 2.24) is 10.2 Å². The minimum absolute atomic E-state index is 0.514. The lowest BCUT2D eigenvalue weighted by atomic mass is 10.2. The van der Waals surface area contributed by atoms with Crippen molar-refractivity contribution >= 4 is 40.1 Å². The summed E-state index contributed by atoms with van der Waals surface area (Å²) in [6.07, 6.45) is 0. The number of nitrogens with one attached hydrogen (secondary N) is 2. The molecule has 24 heavy (non-hydrogen) atoms. The number of nitrogens with zero attached hydrogens (tertiary/aromatic N) is 3. The normalized spacial score (nSPS) is 18.2. The van der Waals surface area contributed by atoms with E-state index in [2.05, 4.69) is 32.5 Å². The van der Waals surface area contributed by atoms with Gasteiger partial charge in [-0.15, -0.1) is 0 Å². The van der Waals surface area contributed by atoms with E-state index in [-0.39, 0.29) is 0 Å². The number of hydrogen-bond donors (Lipinski definition) is 2. The second-order valence-electron chi connectivity index (χ2n) is 5.78. The van der Waals surface area contributed by atoms with Crippen LogP contribution in [-0.2, 0) is 9.59 Å². The molecule has 128 valence electrons. The fraction of sp³-hybridized carbons (Fsp3) is 0.438. The summed E-state index contributed by atoms with van der Waals surface area (Å²) in [6, 6.07) is 7.58. The highest BCUT2D eigenvalue weighted by molar-refractivity contribution is 8.14. The van der Waals surface area contributed by atoms with Crippen LogP contribution in [0.5, 0.6) is 0 Å². The number of carbonyl (C=O) groups excluding carboxylic acids is 2. The van der Waals surface area contributed by atoms with Crippen LogP contribution >= 0.6 is 11.8 Å². The molecular formula is C16H21N5O2S. The lowest BCUT2D eigenvalue weighted by Gasteiger charge is -2.34. The van der Waals surface area contributed by atoms with E-state index in [4.69, 9.17) is 0 Å². The van der Waals surface area contributed by atoms with Gasteiger partial charge in [-0.05, 0) is 31.3 Å². The second kappa shape index (κ2) is 7.67. The van der Waals surface area contributed by atoms with Gasteiger partial charge in [-0.25, -0.2) is 0 Å². The molecule has 0 aromatic heterocycles. The first kappa shape index (κ1) is 16.8. The molecule has 0 aliphatic carbocycles. The molecule has 0 saturated carbocycles. The summed E-state index contributed by atoms with van der Waals surface area (Å²) in [7, 11) is 2.12. The molecule has 2 heterocycles. The van der Waals surface area contributed by atoms with E-state index in [9.17, 15) is 9.59 Å². The lowest BCUT2D eigenvalue weighted by Crippen LogP contribution is -2.44. The molecule has 0 bridgehead atoms. The van der Waals surface area contributed by atoms with Crippen molar-refractivity contribution in [2.75, 3.05) is 55.7 Å². The van der Waals surface area contributed by atoms with Gasteiger partial charge in [-0.1, -0.05) is 11.8 Å². The van der Waals surface area contributed by atoms with Gasteiger partial charge in [0, 0.05) is 43.3 Å². The number of piperazine rings is 1. The number of rotatable bonds is 2. The zero-order valence-electron chi connectivity index (χ0n) is 13.6. The third-order valence-corrected chi connectivity index (χ3v) is 4.90. The van der Waals surface area contributed by atoms with E-state index in [1.165, 1.54) is 11.8 Å². The van der Waals surface area contributed by atoms with Crippen molar-refractivity contribution in [3.05, 3.63) is 24.3 Å². The van der Waals surface area contributed by atoms with Crippen LogP contribution in [0.4, 0.5) is 11.4 Å². The highest BCUT2D eigenvalue weighted by atomic mass is 32.2. The Morgan fingerprint density at radius 1 is 1.04 bits per heavy atom. The third-order valence-electron chi connectivity index (χ3n) is 4.01. The number of thioether (sulfide) groups is 1. The Kier molecular flexibility index (Phi) is 5.37. The highest BCUT2D eigenvalue weighted by Crippen LogP contribution is 2.19. The predicted octanol–water partition coefficient (Wildman–Crippen LogP) is 0.596. The van der Waals surface area contributed by atoms with Gasteiger partial charge in [-0.3, -0.25) is 19.9 Å². The SMILES string of the molecule is CN1CCN(c2ccc(NC(=O)C(=O)NC3=NCCS3)cc2)CC1. The summed E-state index contributed by atoms with van der Waals surface area (Å²) in [4.78, 5) is 32.4. The van der Waals surface area contributed by atoms with Gasteiger partial charge >= 0.3 is 11.8 Å². The van der Waals surface area contributed by atoms with Crippen molar-refractivity contribution in [3.8, 4) is 0 Å². The maximum Gasteiger partial charge on any atom is 0.315 e. The maximum atomic E-state index is 11.9. The van der Waals surface area contributed by atoms with E-state index >= 15 is 0 Å². The summed E-state index contributed by atoms with van der Waals surface area (Å²) in [5.41, 5.74) is 1.73. The summed E-state index contributed by atoms with van der Waals surface area (Å²) < 4.78 is 0. The van der Waals surface area contributed by atoms with Crippen LogP contribution in [0, 0.1) is 0 Å². The first-order valence-corrected chi connectivity index (χ1v) is 8.93. The molecule has 1 saturated heterocycles. The van der Waals surface area contributed by atoms with Gasteiger partial charge < -0.3 is 15.1 Å². The average molecular weight is 347 g/mol. The number of likely N-dealkylation sites (N-methyl/N-ethyl adjacent to an activating group) is 1. The van der Waals surface area contributed by atoms with E-state index < -0.39 is 11.8 Å². The van der Waals surface area contributed by atoms with Crippen molar-refractivity contribution in [3.63, 3.8) is 0 Å². The maximum absolute atomic E-state index is 11.9. The summed E-state index contributed by atoms with van der Waals surface area (Å²) >= 11 is 1.44. The molecule has 2 aliphatic heterocycles. The number of benzene rings is 1. The first-order valence-electron chi connectivity index (χ1n) is 7.95. The molecule has 3 rings (SSSR count). The van der Waals surface area contributed by atoms with Gasteiger partial charge in [0.25, 0.3) is 0 Å². The Hall–Kier alpha value is -2.06. The van der Waals surface area contributed by atoms with Crippen LogP contribution in [0.3, 0.4) is 0 Å². The Morgan fingerprint density at radius 2 is 1.71 bits per heavy atom. The van der Waals surface area contributed by atoms with Crippen LogP contribution in [0.15, 0.2) is 29.3 Å². The van der Waals surface area contributed by atoms with Gasteiger partial charge in [0.1, 0.15) is 0 Å². The predicted molar refractivity (Wildman–Crippen MR) is 97.7 cm³/mol. The highest BCUT2D eigenvalue weighted by Gasteiger charge is 2.18. The van der Waals surface area contributed by atoms with Crippen LogP contribution in [0.25, 0.3) is 0 Å². The second-order valence-corrected chi connectivity index (χ2v) is 6.86. The van der Waals surface area contributed by atoms with E-state index in [1.807, 2.05) is 24.3 Å². The summed E-state index contributed by atoms with van der Waals surface area (Å²) in [6.45, 7) is 4.74. The molecule has 2 amide bonds. The van der Waals surface area contributed by atoms with Crippen LogP contribution in [0.1, 0.15) is 0 Å². The Morgan fingerprint density at radius 3 is 2.33 bits per heavy atom. The van der Waals surface area contributed by atoms with Crippen LogP contribution in [-0.4, -0.2) is 67.4 Å². The molecule has 8 heteroatoms. The molecular weight excluding hydrogens is 326 g/mol. The molecule has 2 aliphatic rings. The standard InChI is InChI=1S/C16H21N5O2S/c1-20-7-9-21(10-8-20)13-4-2-12(3-5-13)18-14(22)15(23)19-16-17-6-11-24-16/h2-5H,6-11H2,1H3,(H,18,22)(H,17,19,23). The minimum atomic E-state index is -0.689. The zero-order valence-corrected chi connectivity index (χ0v) is 14.4. The molecule has 0 spiro atoms. The van der Waals surface area contributed by atoms with Gasteiger partial charge in [0.2, 0.25) is 0 Å².